The summed E-state index contributed by atoms with van der Waals surface area (Å²) >= 11 is 0. The summed E-state index contributed by atoms with van der Waals surface area (Å²) in [4.78, 5) is 6.45. The van der Waals surface area contributed by atoms with Gasteiger partial charge in [-0.25, -0.2) is 9.97 Å². The van der Waals surface area contributed by atoms with Gasteiger partial charge in [-0.15, -0.1) is 0 Å². The maximum Gasteiger partial charge on any atom is 0.190 e. The first-order valence-electron chi connectivity index (χ1n) is 4.77. The quantitative estimate of drug-likeness (QED) is 0.517. The molecule has 0 bridgehead atoms. The fourth-order valence-corrected chi connectivity index (χ4v) is 1.49. The number of halogens is 2. The van der Waals surface area contributed by atoms with Gasteiger partial charge in [0.15, 0.2) is 23.8 Å². The Morgan fingerprint density at radius 2 is 1.69 bits per heavy atom. The Morgan fingerprint density at radius 1 is 0.938 bits per heavy atom. The van der Waals surface area contributed by atoms with Crippen molar-refractivity contribution in [2.24, 2.45) is 0 Å². The van der Waals surface area contributed by atoms with Crippen molar-refractivity contribution < 1.29 is 34.8 Å². The molecular weight excluding hydrogens is 243 g/mol. The van der Waals surface area contributed by atoms with Crippen LogP contribution in [-0.2, 0) is 6.42 Å². The summed E-state index contributed by atoms with van der Waals surface area (Å²) in [5.74, 6) is 0. The van der Waals surface area contributed by atoms with Crippen molar-refractivity contribution in [2.75, 3.05) is 0 Å². The van der Waals surface area contributed by atoms with Gasteiger partial charge in [-0.3, -0.25) is 0 Å². The van der Waals surface area contributed by atoms with Gasteiger partial charge in [0.2, 0.25) is 0 Å². The number of nitrogens with one attached hydrogen (secondary N) is 2. The average molecular weight is 257 g/mol. The molecular formula is C12H14Cl2N2. The summed E-state index contributed by atoms with van der Waals surface area (Å²) in [6.07, 6.45) is 4.85. The number of hydrogen-bond donors (Lipinski definition) is 0. The molecule has 2 aromatic rings. The third kappa shape index (κ3) is 4.17. The van der Waals surface area contributed by atoms with Crippen LogP contribution in [0.5, 0.6) is 0 Å². The van der Waals surface area contributed by atoms with Crippen molar-refractivity contribution >= 4 is 0 Å². The van der Waals surface area contributed by atoms with E-state index in [-0.39, 0.29) is 24.8 Å². The molecule has 0 saturated heterocycles. The SMILES string of the molecule is Cc1cc[nH+]c(Cc2cccc[nH+]2)c1.[Cl-].[Cl-]. The van der Waals surface area contributed by atoms with Gasteiger partial charge >= 0.3 is 0 Å². The Balaban J connectivity index is 0.00000112. The molecule has 0 radical (unpaired) electrons. The average Bonchev–Trinajstić information content (AvgIpc) is 2.19. The Hall–Kier alpha value is -1.12. The smallest absolute Gasteiger partial charge is 0.190 e. The molecule has 0 aliphatic heterocycles. The van der Waals surface area contributed by atoms with E-state index in [1.807, 2.05) is 24.5 Å². The van der Waals surface area contributed by atoms with Crippen LogP contribution in [0.15, 0.2) is 42.7 Å². The molecule has 2 heterocycles. The van der Waals surface area contributed by atoms with E-state index in [2.05, 4.69) is 35.1 Å². The number of hydrogen-bond acceptors (Lipinski definition) is 0. The summed E-state index contributed by atoms with van der Waals surface area (Å²) < 4.78 is 0. The first kappa shape index (κ1) is 14.9. The fraction of sp³-hybridized carbons (Fsp3) is 0.167. The highest BCUT2D eigenvalue weighted by atomic mass is 35.5. The van der Waals surface area contributed by atoms with E-state index >= 15 is 0 Å². The summed E-state index contributed by atoms with van der Waals surface area (Å²) in [6.45, 7) is 2.10. The molecule has 4 heteroatoms. The Morgan fingerprint density at radius 3 is 2.31 bits per heavy atom. The zero-order chi connectivity index (χ0) is 9.80. The number of pyridine rings is 2. The van der Waals surface area contributed by atoms with Gasteiger partial charge in [-0.05, 0) is 12.5 Å². The molecule has 2 aromatic heterocycles. The van der Waals surface area contributed by atoms with Crippen LogP contribution in [-0.4, -0.2) is 0 Å². The predicted octanol–water partition coefficient (Wildman–Crippen LogP) is -4.78. The largest absolute Gasteiger partial charge is 1.00 e. The van der Waals surface area contributed by atoms with Crippen LogP contribution >= 0.6 is 0 Å². The van der Waals surface area contributed by atoms with Crippen LogP contribution < -0.4 is 34.8 Å². The van der Waals surface area contributed by atoms with Crippen LogP contribution in [0.3, 0.4) is 0 Å². The first-order chi connectivity index (χ1) is 6.84. The highest BCUT2D eigenvalue weighted by Gasteiger charge is 2.06. The van der Waals surface area contributed by atoms with Crippen molar-refractivity contribution in [3.8, 4) is 0 Å². The molecule has 0 unspecified atom stereocenters. The number of rotatable bonds is 2. The molecule has 2 nitrogen and oxygen atoms in total. The third-order valence-corrected chi connectivity index (χ3v) is 2.17. The minimum Gasteiger partial charge on any atom is -1.00 e. The Kier molecular flexibility index (Phi) is 6.70. The van der Waals surface area contributed by atoms with Crippen molar-refractivity contribution in [3.63, 3.8) is 0 Å². The fourth-order valence-electron chi connectivity index (χ4n) is 1.49. The van der Waals surface area contributed by atoms with E-state index in [1.165, 1.54) is 17.0 Å². The van der Waals surface area contributed by atoms with Crippen LogP contribution in [0.2, 0.25) is 0 Å². The molecule has 16 heavy (non-hydrogen) atoms. The predicted molar refractivity (Wildman–Crippen MR) is 53.5 cm³/mol. The summed E-state index contributed by atoms with van der Waals surface area (Å²) in [5, 5.41) is 0. The number of aromatic nitrogens is 2. The molecule has 0 aromatic carbocycles. The molecule has 0 amide bonds. The second kappa shape index (κ2) is 7.20. The second-order valence-electron chi connectivity index (χ2n) is 3.46. The van der Waals surface area contributed by atoms with Crippen LogP contribution in [0.25, 0.3) is 0 Å². The van der Waals surface area contributed by atoms with Crippen LogP contribution in [0.1, 0.15) is 17.0 Å². The van der Waals surface area contributed by atoms with Crippen molar-refractivity contribution in [2.45, 2.75) is 13.3 Å². The highest BCUT2D eigenvalue weighted by molar-refractivity contribution is 5.13. The van der Waals surface area contributed by atoms with E-state index in [1.54, 1.807) is 0 Å². The van der Waals surface area contributed by atoms with Crippen LogP contribution in [0, 0.1) is 6.92 Å². The molecule has 0 saturated carbocycles. The minimum atomic E-state index is 0. The first-order valence-corrected chi connectivity index (χ1v) is 4.77. The van der Waals surface area contributed by atoms with Crippen molar-refractivity contribution in [3.05, 3.63) is 59.7 Å². The molecule has 2 rings (SSSR count). The van der Waals surface area contributed by atoms with Gasteiger partial charge < -0.3 is 24.8 Å². The summed E-state index contributed by atoms with van der Waals surface area (Å²) in [6, 6.07) is 10.4. The molecule has 0 aliphatic carbocycles. The van der Waals surface area contributed by atoms with Gasteiger partial charge in [-0.2, -0.15) is 0 Å². The molecule has 0 aliphatic rings. The molecule has 2 N–H and O–H groups in total. The zero-order valence-corrected chi connectivity index (χ0v) is 10.5. The lowest BCUT2D eigenvalue weighted by atomic mass is 10.1. The number of aromatic amines is 2. The van der Waals surface area contributed by atoms with E-state index in [4.69, 9.17) is 0 Å². The number of H-pyrrole nitrogens is 2. The normalized spacial score (nSPS) is 8.81. The second-order valence-corrected chi connectivity index (χ2v) is 3.46. The molecule has 0 spiro atoms. The van der Waals surface area contributed by atoms with Gasteiger partial charge in [0, 0.05) is 24.3 Å². The zero-order valence-electron chi connectivity index (χ0n) is 9.00. The highest BCUT2D eigenvalue weighted by Crippen LogP contribution is 2.01. The number of aryl methyl sites for hydroxylation is 1. The summed E-state index contributed by atoms with van der Waals surface area (Å²) in [7, 11) is 0. The molecule has 0 atom stereocenters. The maximum absolute atomic E-state index is 3.24. The summed E-state index contributed by atoms with van der Waals surface area (Å²) in [5.41, 5.74) is 3.73. The van der Waals surface area contributed by atoms with Crippen molar-refractivity contribution in [1.29, 1.82) is 0 Å². The van der Waals surface area contributed by atoms with Gasteiger partial charge in [0.1, 0.15) is 6.42 Å². The molecule has 0 fully saturated rings. The Labute approximate surface area is 108 Å². The van der Waals surface area contributed by atoms with E-state index < -0.39 is 0 Å². The lowest BCUT2D eigenvalue weighted by molar-refractivity contribution is -0.406. The topological polar surface area (TPSA) is 28.3 Å². The molecule has 86 valence electrons. The Bertz CT molecular complexity index is 418. The van der Waals surface area contributed by atoms with Crippen LogP contribution in [0.4, 0.5) is 0 Å². The maximum atomic E-state index is 3.24. The van der Waals surface area contributed by atoms with Gasteiger partial charge in [-0.1, -0.05) is 6.07 Å². The monoisotopic (exact) mass is 256 g/mol. The standard InChI is InChI=1S/C12H12N2.2ClH/c1-10-5-7-14-12(8-10)9-11-4-2-3-6-13-11;;/h2-8H,9H2,1H3;2*1H. The van der Waals surface area contributed by atoms with Gasteiger partial charge in [0.25, 0.3) is 0 Å². The van der Waals surface area contributed by atoms with Gasteiger partial charge in [0.05, 0.1) is 0 Å². The van der Waals surface area contributed by atoms with E-state index in [0.717, 1.165) is 6.42 Å². The third-order valence-electron chi connectivity index (χ3n) is 2.17. The lowest BCUT2D eigenvalue weighted by Crippen LogP contribution is -3.00. The van der Waals surface area contributed by atoms with E-state index in [9.17, 15) is 0 Å². The minimum absolute atomic E-state index is 0. The lowest BCUT2D eigenvalue weighted by Gasteiger charge is -1.92. The van der Waals surface area contributed by atoms with E-state index in [0.29, 0.717) is 0 Å². The van der Waals surface area contributed by atoms with Crippen molar-refractivity contribution in [1.82, 2.24) is 0 Å².